The molecule has 41 heavy (non-hydrogen) atoms. The molecule has 0 radical (unpaired) electrons. The van der Waals surface area contributed by atoms with Gasteiger partial charge in [-0.15, -0.1) is 21.5 Å². The third-order valence-corrected chi connectivity index (χ3v) is 7.48. The van der Waals surface area contributed by atoms with Crippen molar-refractivity contribution in [3.63, 3.8) is 0 Å². The monoisotopic (exact) mass is 566 g/mol. The third-order valence-electron chi connectivity index (χ3n) is 6.38. The molecule has 5 rings (SSSR count). The number of aromatic nitrogens is 5. The van der Waals surface area contributed by atoms with Gasteiger partial charge in [-0.05, 0) is 53.3 Å². The van der Waals surface area contributed by atoms with Gasteiger partial charge in [0.1, 0.15) is 5.69 Å². The van der Waals surface area contributed by atoms with E-state index < -0.39 is 5.97 Å². The number of thiazole rings is 1. The van der Waals surface area contributed by atoms with Gasteiger partial charge < -0.3 is 9.30 Å². The average molecular weight is 567 g/mol. The number of carbonyl (C=O) groups is 2. The SMILES string of the molecule is CCOC(=O)c1c(CC(C)C)sc(=NC(=O)c2ccccc2)n1Cc1ccc(-c2ccccc2-c2nn[nH]n2)cc1. The quantitative estimate of drug-likeness (QED) is 0.234. The highest BCUT2D eigenvalue weighted by atomic mass is 32.1. The van der Waals surface area contributed by atoms with Gasteiger partial charge in [-0.3, -0.25) is 4.79 Å². The molecule has 0 aliphatic rings. The molecule has 0 fully saturated rings. The molecule has 0 unspecified atom stereocenters. The maximum Gasteiger partial charge on any atom is 0.356 e. The zero-order valence-corrected chi connectivity index (χ0v) is 23.9. The smallest absolute Gasteiger partial charge is 0.356 e. The van der Waals surface area contributed by atoms with Crippen molar-refractivity contribution in [3.05, 3.63) is 105 Å². The molecular weight excluding hydrogens is 536 g/mol. The lowest BCUT2D eigenvalue weighted by molar-refractivity contribution is 0.0512. The second kappa shape index (κ2) is 12.6. The molecule has 2 aromatic heterocycles. The third kappa shape index (κ3) is 6.38. The normalized spacial score (nSPS) is 11.7. The molecule has 9 nitrogen and oxygen atoms in total. The molecule has 0 bridgehead atoms. The molecule has 1 N–H and O–H groups in total. The van der Waals surface area contributed by atoms with Crippen LogP contribution in [0, 0.1) is 5.92 Å². The van der Waals surface area contributed by atoms with Gasteiger partial charge in [0.05, 0.1) is 13.2 Å². The van der Waals surface area contributed by atoms with E-state index in [9.17, 15) is 9.59 Å². The Morgan fingerprint density at radius 3 is 2.34 bits per heavy atom. The van der Waals surface area contributed by atoms with Crippen LogP contribution in [0.25, 0.3) is 22.5 Å². The second-order valence-corrected chi connectivity index (χ2v) is 10.9. The van der Waals surface area contributed by atoms with Gasteiger partial charge in [0.25, 0.3) is 5.91 Å². The van der Waals surface area contributed by atoms with E-state index in [0.717, 1.165) is 27.1 Å². The number of benzene rings is 3. The first-order chi connectivity index (χ1) is 19.9. The van der Waals surface area contributed by atoms with Crippen molar-refractivity contribution < 1.29 is 14.3 Å². The Bertz CT molecular complexity index is 1710. The molecule has 0 aliphatic carbocycles. The molecule has 10 heteroatoms. The van der Waals surface area contributed by atoms with Crippen molar-refractivity contribution in [2.45, 2.75) is 33.7 Å². The number of nitrogens with zero attached hydrogens (tertiary/aromatic N) is 5. The van der Waals surface area contributed by atoms with Crippen LogP contribution in [0.4, 0.5) is 0 Å². The molecule has 3 aromatic carbocycles. The van der Waals surface area contributed by atoms with E-state index in [-0.39, 0.29) is 12.5 Å². The minimum atomic E-state index is -0.418. The minimum absolute atomic E-state index is 0.250. The predicted molar refractivity (Wildman–Crippen MR) is 157 cm³/mol. The van der Waals surface area contributed by atoms with Crippen molar-refractivity contribution in [1.29, 1.82) is 0 Å². The molecule has 2 heterocycles. The summed E-state index contributed by atoms with van der Waals surface area (Å²) < 4.78 is 7.27. The lowest BCUT2D eigenvalue weighted by Gasteiger charge is -2.12. The van der Waals surface area contributed by atoms with Crippen molar-refractivity contribution in [2.24, 2.45) is 10.9 Å². The first-order valence-corrected chi connectivity index (χ1v) is 14.2. The number of ether oxygens (including phenoxy) is 1. The van der Waals surface area contributed by atoms with E-state index in [1.54, 1.807) is 31.2 Å². The highest BCUT2D eigenvalue weighted by Gasteiger charge is 2.23. The van der Waals surface area contributed by atoms with Gasteiger partial charge in [0.2, 0.25) is 5.82 Å². The zero-order chi connectivity index (χ0) is 28.8. The van der Waals surface area contributed by atoms with Gasteiger partial charge in [0.15, 0.2) is 4.80 Å². The molecule has 0 saturated carbocycles. The summed E-state index contributed by atoms with van der Waals surface area (Å²) in [4.78, 5) is 32.1. The van der Waals surface area contributed by atoms with Gasteiger partial charge in [-0.1, -0.05) is 80.6 Å². The molecule has 5 aromatic rings. The predicted octanol–water partition coefficient (Wildman–Crippen LogP) is 5.56. The second-order valence-electron chi connectivity index (χ2n) is 9.82. The lowest BCUT2D eigenvalue weighted by Crippen LogP contribution is -2.23. The lowest BCUT2D eigenvalue weighted by atomic mass is 9.98. The Morgan fingerprint density at radius 1 is 0.976 bits per heavy atom. The van der Waals surface area contributed by atoms with E-state index in [0.29, 0.717) is 40.8 Å². The number of hydrogen-bond acceptors (Lipinski definition) is 7. The Kier molecular flexibility index (Phi) is 8.59. The fourth-order valence-electron chi connectivity index (χ4n) is 4.53. The van der Waals surface area contributed by atoms with E-state index in [1.165, 1.54) is 11.3 Å². The largest absolute Gasteiger partial charge is 0.461 e. The highest BCUT2D eigenvalue weighted by molar-refractivity contribution is 7.09. The molecule has 1 amide bonds. The summed E-state index contributed by atoms with van der Waals surface area (Å²) in [5.41, 5.74) is 4.69. The molecule has 0 spiro atoms. The van der Waals surface area contributed by atoms with Crippen molar-refractivity contribution in [1.82, 2.24) is 25.2 Å². The van der Waals surface area contributed by atoms with Crippen LogP contribution in [0.15, 0.2) is 83.9 Å². The van der Waals surface area contributed by atoms with Gasteiger partial charge >= 0.3 is 5.97 Å². The fourth-order valence-corrected chi connectivity index (χ4v) is 5.85. The van der Waals surface area contributed by atoms with Crippen LogP contribution in [0.5, 0.6) is 0 Å². The van der Waals surface area contributed by atoms with E-state index in [4.69, 9.17) is 4.74 Å². The van der Waals surface area contributed by atoms with Crippen LogP contribution in [0.3, 0.4) is 0 Å². The van der Waals surface area contributed by atoms with Crippen molar-refractivity contribution in [3.8, 4) is 22.5 Å². The molecule has 0 aliphatic heterocycles. The Hall–Kier alpha value is -4.70. The summed E-state index contributed by atoms with van der Waals surface area (Å²) in [6, 6.07) is 24.8. The highest BCUT2D eigenvalue weighted by Crippen LogP contribution is 2.30. The van der Waals surface area contributed by atoms with E-state index in [1.807, 2.05) is 59.2 Å². The van der Waals surface area contributed by atoms with Crippen molar-refractivity contribution in [2.75, 3.05) is 6.61 Å². The van der Waals surface area contributed by atoms with Crippen LogP contribution < -0.4 is 4.80 Å². The molecule has 0 saturated heterocycles. The summed E-state index contributed by atoms with van der Waals surface area (Å²) in [7, 11) is 0. The van der Waals surface area contributed by atoms with Crippen molar-refractivity contribution >= 4 is 23.2 Å². The number of hydrogen-bond donors (Lipinski definition) is 1. The zero-order valence-electron chi connectivity index (χ0n) is 23.1. The number of H-pyrrole nitrogens is 1. The van der Waals surface area contributed by atoms with Crippen LogP contribution in [0.1, 0.15) is 52.1 Å². The molecule has 208 valence electrons. The fraction of sp³-hybridized carbons (Fsp3) is 0.226. The van der Waals surface area contributed by atoms with Crippen LogP contribution >= 0.6 is 11.3 Å². The van der Waals surface area contributed by atoms with E-state index >= 15 is 0 Å². The maximum absolute atomic E-state index is 13.2. The number of amides is 1. The maximum atomic E-state index is 13.2. The summed E-state index contributed by atoms with van der Waals surface area (Å²) >= 11 is 1.36. The van der Waals surface area contributed by atoms with E-state index in [2.05, 4.69) is 39.5 Å². The number of aromatic amines is 1. The summed E-state index contributed by atoms with van der Waals surface area (Å²) in [6.07, 6.45) is 0.666. The summed E-state index contributed by atoms with van der Waals surface area (Å²) in [6.45, 7) is 6.56. The first kappa shape index (κ1) is 27.9. The van der Waals surface area contributed by atoms with Gasteiger partial charge in [-0.2, -0.15) is 10.2 Å². The van der Waals surface area contributed by atoms with Gasteiger partial charge in [-0.25, -0.2) is 4.79 Å². The summed E-state index contributed by atoms with van der Waals surface area (Å²) in [5.74, 6) is 0.0373. The number of nitrogens with one attached hydrogen (secondary N) is 1. The van der Waals surface area contributed by atoms with Gasteiger partial charge in [0, 0.05) is 16.0 Å². The average Bonchev–Trinajstić information content (AvgIpc) is 3.62. The number of carbonyl (C=O) groups excluding carboxylic acids is 2. The Balaban J connectivity index is 1.56. The standard InChI is InChI=1S/C31H30N6O3S/c1-4-40-30(39)27-26(18-20(2)3)41-31(32-29(38)23-10-6-5-7-11-23)37(27)19-21-14-16-22(17-15-21)24-12-8-9-13-25(24)28-33-35-36-34-28/h5-17,20H,4,18-19H2,1-3H3,(H,33,34,35,36). The number of rotatable bonds is 9. The minimum Gasteiger partial charge on any atom is -0.461 e. The Labute approximate surface area is 241 Å². The van der Waals surface area contributed by atoms with Crippen LogP contribution in [-0.4, -0.2) is 43.7 Å². The van der Waals surface area contributed by atoms with Crippen LogP contribution in [0.2, 0.25) is 0 Å². The number of tetrazole rings is 1. The number of esters is 1. The topological polar surface area (TPSA) is 115 Å². The first-order valence-electron chi connectivity index (χ1n) is 13.4. The molecular formula is C31H30N6O3S. The van der Waals surface area contributed by atoms with Crippen LogP contribution in [-0.2, 0) is 17.7 Å². The summed E-state index contributed by atoms with van der Waals surface area (Å²) in [5, 5.41) is 14.5. The Morgan fingerprint density at radius 2 is 1.68 bits per heavy atom. The molecule has 0 atom stereocenters.